The second-order valence-corrected chi connectivity index (χ2v) is 6.29. The molecule has 1 aliphatic heterocycles. The SMILES string of the molecule is C=CCOC(=O)[C@@H](C)COC1OC(COC(C)=O)[C@H](C)[C@H](C)[C@H]1N. The van der Waals surface area contributed by atoms with Crippen LogP contribution >= 0.6 is 0 Å². The number of rotatable bonds is 8. The van der Waals surface area contributed by atoms with Crippen LogP contribution < -0.4 is 5.73 Å². The van der Waals surface area contributed by atoms with E-state index in [-0.39, 0.29) is 55.7 Å². The number of hydrogen-bond donors (Lipinski definition) is 1. The van der Waals surface area contributed by atoms with Crippen molar-refractivity contribution in [2.24, 2.45) is 23.5 Å². The molecule has 0 aromatic rings. The first-order chi connectivity index (χ1) is 11.3. The van der Waals surface area contributed by atoms with Crippen LogP contribution in [0.25, 0.3) is 0 Å². The Morgan fingerprint density at radius 2 is 1.96 bits per heavy atom. The highest BCUT2D eigenvalue weighted by molar-refractivity contribution is 5.72. The average Bonchev–Trinajstić information content (AvgIpc) is 2.55. The molecule has 0 amide bonds. The molecule has 1 heterocycles. The van der Waals surface area contributed by atoms with E-state index in [0.29, 0.717) is 0 Å². The van der Waals surface area contributed by atoms with Gasteiger partial charge in [-0.15, -0.1) is 0 Å². The molecule has 7 nitrogen and oxygen atoms in total. The fourth-order valence-corrected chi connectivity index (χ4v) is 2.46. The van der Waals surface area contributed by atoms with Gasteiger partial charge in [-0.3, -0.25) is 9.59 Å². The van der Waals surface area contributed by atoms with Crippen molar-refractivity contribution in [1.82, 2.24) is 0 Å². The second kappa shape index (κ2) is 9.76. The maximum Gasteiger partial charge on any atom is 0.311 e. The number of hydrogen-bond acceptors (Lipinski definition) is 7. The van der Waals surface area contributed by atoms with E-state index < -0.39 is 12.2 Å². The Morgan fingerprint density at radius 3 is 2.54 bits per heavy atom. The quantitative estimate of drug-likeness (QED) is 0.523. The summed E-state index contributed by atoms with van der Waals surface area (Å²) in [5, 5.41) is 0. The van der Waals surface area contributed by atoms with E-state index in [4.69, 9.17) is 24.7 Å². The summed E-state index contributed by atoms with van der Waals surface area (Å²) < 4.78 is 21.6. The van der Waals surface area contributed by atoms with Crippen LogP contribution in [0, 0.1) is 17.8 Å². The third-order valence-corrected chi connectivity index (χ3v) is 4.35. The summed E-state index contributed by atoms with van der Waals surface area (Å²) in [5.41, 5.74) is 6.19. The minimum atomic E-state index is -0.661. The molecule has 7 heteroatoms. The first-order valence-electron chi connectivity index (χ1n) is 8.21. The van der Waals surface area contributed by atoms with Gasteiger partial charge in [0.1, 0.15) is 13.2 Å². The van der Waals surface area contributed by atoms with E-state index in [1.165, 1.54) is 13.0 Å². The van der Waals surface area contributed by atoms with E-state index in [0.717, 1.165) is 0 Å². The van der Waals surface area contributed by atoms with E-state index in [1.807, 2.05) is 13.8 Å². The monoisotopic (exact) mass is 343 g/mol. The van der Waals surface area contributed by atoms with Gasteiger partial charge >= 0.3 is 11.9 Å². The van der Waals surface area contributed by atoms with Gasteiger partial charge in [-0.1, -0.05) is 26.5 Å². The molecule has 138 valence electrons. The Bertz CT molecular complexity index is 441. The molecule has 1 aliphatic rings. The highest BCUT2D eigenvalue weighted by Crippen LogP contribution is 2.30. The van der Waals surface area contributed by atoms with Crippen LogP contribution in [0.5, 0.6) is 0 Å². The molecule has 0 aromatic heterocycles. The van der Waals surface area contributed by atoms with E-state index in [1.54, 1.807) is 6.92 Å². The fraction of sp³-hybridized carbons (Fsp3) is 0.765. The van der Waals surface area contributed by atoms with Crippen LogP contribution in [0.3, 0.4) is 0 Å². The largest absolute Gasteiger partial charge is 0.463 e. The fourth-order valence-electron chi connectivity index (χ4n) is 2.46. The highest BCUT2D eigenvalue weighted by Gasteiger charge is 2.40. The molecule has 0 saturated carbocycles. The number of carbonyl (C=O) groups excluding carboxylic acids is 2. The van der Waals surface area contributed by atoms with E-state index in [9.17, 15) is 9.59 Å². The smallest absolute Gasteiger partial charge is 0.311 e. The highest BCUT2D eigenvalue weighted by atomic mass is 16.7. The van der Waals surface area contributed by atoms with Crippen LogP contribution in [0.2, 0.25) is 0 Å². The summed E-state index contributed by atoms with van der Waals surface area (Å²) in [5.74, 6) is -0.926. The van der Waals surface area contributed by atoms with Crippen LogP contribution in [0.4, 0.5) is 0 Å². The van der Waals surface area contributed by atoms with Crippen molar-refractivity contribution in [2.45, 2.75) is 46.1 Å². The average molecular weight is 343 g/mol. The zero-order valence-electron chi connectivity index (χ0n) is 14.9. The third-order valence-electron chi connectivity index (χ3n) is 4.35. The maximum atomic E-state index is 11.7. The molecular formula is C17H29NO6. The lowest BCUT2D eigenvalue weighted by Gasteiger charge is -2.42. The van der Waals surface area contributed by atoms with Gasteiger partial charge in [0.05, 0.1) is 24.7 Å². The number of nitrogens with two attached hydrogens (primary N) is 1. The molecule has 0 bridgehead atoms. The predicted molar refractivity (Wildman–Crippen MR) is 87.9 cm³/mol. The molecule has 1 rings (SSSR count). The summed E-state index contributed by atoms with van der Waals surface area (Å²) in [4.78, 5) is 22.7. The summed E-state index contributed by atoms with van der Waals surface area (Å²) >= 11 is 0. The lowest BCUT2D eigenvalue weighted by atomic mass is 9.82. The van der Waals surface area contributed by atoms with Crippen LogP contribution in [-0.4, -0.2) is 50.2 Å². The minimum absolute atomic E-state index is 0.118. The Hall–Kier alpha value is -1.44. The van der Waals surface area contributed by atoms with Crippen LogP contribution in [0.1, 0.15) is 27.7 Å². The van der Waals surface area contributed by atoms with Gasteiger partial charge in [0.25, 0.3) is 0 Å². The maximum absolute atomic E-state index is 11.7. The molecule has 0 radical (unpaired) electrons. The van der Waals surface area contributed by atoms with Crippen molar-refractivity contribution in [3.05, 3.63) is 12.7 Å². The van der Waals surface area contributed by atoms with Crippen molar-refractivity contribution in [3.63, 3.8) is 0 Å². The third kappa shape index (κ3) is 5.89. The molecule has 2 N–H and O–H groups in total. The molecular weight excluding hydrogens is 314 g/mol. The lowest BCUT2D eigenvalue weighted by molar-refractivity contribution is -0.242. The summed E-state index contributed by atoms with van der Waals surface area (Å²) in [6.45, 7) is 11.0. The first-order valence-corrected chi connectivity index (χ1v) is 8.21. The summed E-state index contributed by atoms with van der Waals surface area (Å²) in [6.07, 6.45) is 0.553. The molecule has 0 spiro atoms. The lowest BCUT2D eigenvalue weighted by Crippen LogP contribution is -2.56. The zero-order valence-corrected chi connectivity index (χ0v) is 14.9. The number of ether oxygens (including phenoxy) is 4. The topological polar surface area (TPSA) is 97.1 Å². The Kier molecular flexibility index (Phi) is 8.38. The zero-order chi connectivity index (χ0) is 18.3. The molecule has 6 atom stereocenters. The van der Waals surface area contributed by atoms with Crippen molar-refractivity contribution in [1.29, 1.82) is 0 Å². The van der Waals surface area contributed by atoms with Crippen molar-refractivity contribution < 1.29 is 28.5 Å². The van der Waals surface area contributed by atoms with Gasteiger partial charge in [-0.05, 0) is 18.8 Å². The van der Waals surface area contributed by atoms with Gasteiger partial charge in [0, 0.05) is 6.92 Å². The second-order valence-electron chi connectivity index (χ2n) is 6.29. The number of esters is 2. The molecule has 1 fully saturated rings. The van der Waals surface area contributed by atoms with Crippen molar-refractivity contribution in [3.8, 4) is 0 Å². The summed E-state index contributed by atoms with van der Waals surface area (Å²) in [6, 6.07) is -0.329. The van der Waals surface area contributed by atoms with E-state index in [2.05, 4.69) is 6.58 Å². The number of carbonyl (C=O) groups is 2. The van der Waals surface area contributed by atoms with Crippen molar-refractivity contribution in [2.75, 3.05) is 19.8 Å². The van der Waals surface area contributed by atoms with Crippen molar-refractivity contribution >= 4 is 11.9 Å². The molecule has 2 unspecified atom stereocenters. The predicted octanol–water partition coefficient (Wildman–Crippen LogP) is 1.26. The molecule has 0 aromatic carbocycles. The normalized spacial score (nSPS) is 31.1. The van der Waals surface area contributed by atoms with Crippen LogP contribution in [-0.2, 0) is 28.5 Å². The van der Waals surface area contributed by atoms with E-state index >= 15 is 0 Å². The molecule has 24 heavy (non-hydrogen) atoms. The molecule has 1 saturated heterocycles. The summed E-state index contributed by atoms with van der Waals surface area (Å²) in [7, 11) is 0. The first kappa shape index (κ1) is 20.6. The van der Waals surface area contributed by atoms with Gasteiger partial charge in [0.15, 0.2) is 6.29 Å². The Balaban J connectivity index is 2.57. The van der Waals surface area contributed by atoms with Gasteiger partial charge in [0.2, 0.25) is 0 Å². The Morgan fingerprint density at radius 1 is 1.29 bits per heavy atom. The van der Waals surface area contributed by atoms with Gasteiger partial charge < -0.3 is 24.7 Å². The molecule has 0 aliphatic carbocycles. The standard InChI is InChI=1S/C17H29NO6/c1-6-7-21-16(20)10(2)8-23-17-15(18)12(4)11(3)14(24-17)9-22-13(5)19/h6,10-12,14-15,17H,1,7-9,18H2,2-5H3/t10-,11+,12-,14?,15+,17?/m0/s1. The van der Waals surface area contributed by atoms with Crippen LogP contribution in [0.15, 0.2) is 12.7 Å². The Labute approximate surface area is 143 Å². The van der Waals surface area contributed by atoms with Gasteiger partial charge in [-0.25, -0.2) is 0 Å². The minimum Gasteiger partial charge on any atom is -0.463 e. The van der Waals surface area contributed by atoms with Gasteiger partial charge in [-0.2, -0.15) is 0 Å².